The summed E-state index contributed by atoms with van der Waals surface area (Å²) < 4.78 is 13.1. The van der Waals surface area contributed by atoms with Gasteiger partial charge in [-0.15, -0.1) is 0 Å². The maximum absolute atomic E-state index is 12.6. The van der Waals surface area contributed by atoms with Gasteiger partial charge in [-0.05, 0) is 49.6 Å². The number of hydrogen-bond donors (Lipinski definition) is 1. The Balaban J connectivity index is 1.42. The molecule has 1 saturated heterocycles. The first-order valence-corrected chi connectivity index (χ1v) is 11.0. The lowest BCUT2D eigenvalue weighted by molar-refractivity contribution is -0.137. The molecule has 0 radical (unpaired) electrons. The van der Waals surface area contributed by atoms with Crippen LogP contribution >= 0.6 is 0 Å². The Labute approximate surface area is 185 Å². The molecular weight excluding hydrogens is 410 g/mol. The van der Waals surface area contributed by atoms with E-state index in [-0.39, 0.29) is 31.5 Å². The molecule has 0 saturated carbocycles. The zero-order chi connectivity index (χ0) is 22.1. The lowest BCUT2D eigenvalue weighted by atomic mass is 9.96. The maximum Gasteiger partial charge on any atom is 0.303 e. The number of benzene rings is 1. The van der Waals surface area contributed by atoms with Crippen LogP contribution in [0.15, 0.2) is 42.6 Å². The Bertz CT molecular complexity index is 1170. The number of fused-ring (bicyclic) bond motifs is 2. The average Bonchev–Trinajstić information content (AvgIpc) is 3.43. The first-order chi connectivity index (χ1) is 15.6. The molecular formula is C24H25N3O5. The van der Waals surface area contributed by atoms with Crippen molar-refractivity contribution >= 4 is 17.4 Å². The molecule has 1 N–H and O–H groups in total. The highest BCUT2D eigenvalue weighted by Crippen LogP contribution is 2.38. The summed E-state index contributed by atoms with van der Waals surface area (Å²) in [5.41, 5.74) is 2.84. The fourth-order valence-electron chi connectivity index (χ4n) is 4.57. The number of pyridine rings is 1. The summed E-state index contributed by atoms with van der Waals surface area (Å²) in [7, 11) is 0. The number of carboxylic acids is 1. The minimum absolute atomic E-state index is 0.0206. The number of piperidine rings is 1. The molecule has 2 aliphatic rings. The third kappa shape index (κ3) is 3.88. The zero-order valence-electron chi connectivity index (χ0n) is 17.7. The Kier molecular flexibility index (Phi) is 5.43. The smallest absolute Gasteiger partial charge is 0.303 e. The summed E-state index contributed by atoms with van der Waals surface area (Å²) in [6, 6.07) is 11.9. The van der Waals surface area contributed by atoms with Crippen LogP contribution in [-0.4, -0.2) is 51.2 Å². The van der Waals surface area contributed by atoms with Gasteiger partial charge in [0, 0.05) is 43.6 Å². The lowest BCUT2D eigenvalue weighted by Crippen LogP contribution is -2.39. The van der Waals surface area contributed by atoms with Crippen molar-refractivity contribution in [3.8, 4) is 22.8 Å². The topological polar surface area (TPSA) is 93.4 Å². The second kappa shape index (κ2) is 8.53. The molecule has 1 aromatic carbocycles. The summed E-state index contributed by atoms with van der Waals surface area (Å²) in [6.07, 6.45) is 4.53. The predicted octanol–water partition coefficient (Wildman–Crippen LogP) is 3.69. The van der Waals surface area contributed by atoms with Crippen molar-refractivity contribution < 1.29 is 24.2 Å². The number of nitrogens with zero attached hydrogens (tertiary/aromatic N) is 3. The molecule has 166 valence electrons. The molecule has 1 atom stereocenters. The van der Waals surface area contributed by atoms with Crippen molar-refractivity contribution in [1.29, 1.82) is 0 Å². The van der Waals surface area contributed by atoms with Crippen molar-refractivity contribution in [2.75, 3.05) is 19.9 Å². The number of ether oxygens (including phenoxy) is 2. The van der Waals surface area contributed by atoms with Crippen molar-refractivity contribution in [2.24, 2.45) is 0 Å². The molecule has 2 aromatic heterocycles. The highest BCUT2D eigenvalue weighted by molar-refractivity contribution is 5.80. The number of aromatic nitrogens is 2. The SMILES string of the molecule is O=C(O)CCCC(=O)N1CCCC(c2nc(-c3ccc4c(c3)OCO4)c3ccccn23)C1. The van der Waals surface area contributed by atoms with E-state index < -0.39 is 5.97 Å². The van der Waals surface area contributed by atoms with E-state index in [0.29, 0.717) is 19.5 Å². The van der Waals surface area contributed by atoms with Gasteiger partial charge in [0.05, 0.1) is 11.2 Å². The Morgan fingerprint density at radius 3 is 2.88 bits per heavy atom. The minimum Gasteiger partial charge on any atom is -0.481 e. The molecule has 0 spiro atoms. The van der Waals surface area contributed by atoms with E-state index in [1.54, 1.807) is 0 Å². The third-order valence-corrected chi connectivity index (χ3v) is 6.14. The highest BCUT2D eigenvalue weighted by atomic mass is 16.7. The molecule has 8 heteroatoms. The van der Waals surface area contributed by atoms with Crippen LogP contribution in [0.5, 0.6) is 11.5 Å². The number of amides is 1. The van der Waals surface area contributed by atoms with Gasteiger partial charge in [-0.3, -0.25) is 9.59 Å². The quantitative estimate of drug-likeness (QED) is 0.635. The van der Waals surface area contributed by atoms with E-state index in [4.69, 9.17) is 19.6 Å². The molecule has 1 amide bonds. The molecule has 0 bridgehead atoms. The number of likely N-dealkylation sites (tertiary alicyclic amines) is 1. The Hall–Kier alpha value is -3.55. The van der Waals surface area contributed by atoms with Crippen LogP contribution in [0, 0.1) is 0 Å². The fourth-order valence-corrected chi connectivity index (χ4v) is 4.57. The van der Waals surface area contributed by atoms with Crippen LogP contribution in [-0.2, 0) is 9.59 Å². The van der Waals surface area contributed by atoms with E-state index in [0.717, 1.165) is 46.9 Å². The summed E-state index contributed by atoms with van der Waals surface area (Å²) in [5, 5.41) is 8.83. The molecule has 0 aliphatic carbocycles. The Morgan fingerprint density at radius 2 is 2.00 bits per heavy atom. The van der Waals surface area contributed by atoms with E-state index in [2.05, 4.69) is 4.40 Å². The third-order valence-electron chi connectivity index (χ3n) is 6.14. The number of aliphatic carboxylic acids is 1. The molecule has 4 heterocycles. The van der Waals surface area contributed by atoms with Crippen LogP contribution < -0.4 is 9.47 Å². The van der Waals surface area contributed by atoms with Crippen molar-refractivity contribution in [2.45, 2.75) is 38.0 Å². The summed E-state index contributed by atoms with van der Waals surface area (Å²) in [4.78, 5) is 30.3. The summed E-state index contributed by atoms with van der Waals surface area (Å²) >= 11 is 0. The highest BCUT2D eigenvalue weighted by Gasteiger charge is 2.28. The van der Waals surface area contributed by atoms with Gasteiger partial charge in [-0.1, -0.05) is 6.07 Å². The van der Waals surface area contributed by atoms with Crippen molar-refractivity contribution in [1.82, 2.24) is 14.3 Å². The standard InChI is InChI=1S/C24H25N3O5/c28-21(7-3-8-22(29)30)26-11-4-5-17(14-26)24-25-23(18-6-1-2-12-27(18)24)16-9-10-19-20(13-16)32-15-31-19/h1-2,6,9-10,12-13,17H,3-5,7-8,11,14-15H2,(H,29,30). The van der Waals surface area contributed by atoms with Crippen LogP contribution in [0.3, 0.4) is 0 Å². The Morgan fingerprint density at radius 1 is 1.12 bits per heavy atom. The molecule has 32 heavy (non-hydrogen) atoms. The monoisotopic (exact) mass is 435 g/mol. The number of imidazole rings is 1. The normalized spacial score (nSPS) is 17.6. The van der Waals surface area contributed by atoms with Crippen LogP contribution in [0.25, 0.3) is 16.8 Å². The number of rotatable bonds is 6. The second-order valence-corrected chi connectivity index (χ2v) is 8.27. The average molecular weight is 435 g/mol. The van der Waals surface area contributed by atoms with Gasteiger partial charge in [0.2, 0.25) is 12.7 Å². The number of hydrogen-bond acceptors (Lipinski definition) is 5. The fraction of sp³-hybridized carbons (Fsp3) is 0.375. The lowest BCUT2D eigenvalue weighted by Gasteiger charge is -2.32. The van der Waals surface area contributed by atoms with Crippen molar-refractivity contribution in [3.63, 3.8) is 0 Å². The molecule has 1 unspecified atom stereocenters. The summed E-state index contributed by atoms with van der Waals surface area (Å²) in [6.45, 7) is 1.54. The summed E-state index contributed by atoms with van der Waals surface area (Å²) in [5.74, 6) is 1.67. The van der Waals surface area contributed by atoms with Gasteiger partial charge in [0.15, 0.2) is 11.5 Å². The van der Waals surface area contributed by atoms with Crippen LogP contribution in [0.2, 0.25) is 0 Å². The van der Waals surface area contributed by atoms with Gasteiger partial charge < -0.3 is 23.9 Å². The van der Waals surface area contributed by atoms with Gasteiger partial charge in [0.25, 0.3) is 0 Å². The number of carboxylic acid groups (broad SMARTS) is 1. The molecule has 1 fully saturated rings. The second-order valence-electron chi connectivity index (χ2n) is 8.27. The van der Waals surface area contributed by atoms with Crippen molar-refractivity contribution in [3.05, 3.63) is 48.4 Å². The molecule has 2 aliphatic heterocycles. The van der Waals surface area contributed by atoms with Gasteiger partial charge >= 0.3 is 5.97 Å². The van der Waals surface area contributed by atoms with Gasteiger partial charge in [-0.25, -0.2) is 4.98 Å². The number of carbonyl (C=O) groups is 2. The van der Waals surface area contributed by atoms with E-state index in [1.807, 2.05) is 47.5 Å². The van der Waals surface area contributed by atoms with Gasteiger partial charge in [0.1, 0.15) is 5.82 Å². The molecule has 5 rings (SSSR count). The van der Waals surface area contributed by atoms with E-state index in [9.17, 15) is 9.59 Å². The predicted molar refractivity (Wildman–Crippen MR) is 117 cm³/mol. The maximum atomic E-state index is 12.6. The largest absolute Gasteiger partial charge is 0.481 e. The zero-order valence-corrected chi connectivity index (χ0v) is 17.7. The minimum atomic E-state index is -0.866. The van der Waals surface area contributed by atoms with E-state index >= 15 is 0 Å². The van der Waals surface area contributed by atoms with Crippen LogP contribution in [0.4, 0.5) is 0 Å². The van der Waals surface area contributed by atoms with E-state index in [1.165, 1.54) is 0 Å². The first kappa shape index (κ1) is 20.4. The first-order valence-electron chi connectivity index (χ1n) is 11.0. The van der Waals surface area contributed by atoms with Gasteiger partial charge in [-0.2, -0.15) is 0 Å². The van der Waals surface area contributed by atoms with Crippen LogP contribution in [0.1, 0.15) is 43.8 Å². The molecule has 8 nitrogen and oxygen atoms in total. The molecule has 3 aromatic rings. The number of carbonyl (C=O) groups excluding carboxylic acids is 1.